The second kappa shape index (κ2) is 9.80. The maximum absolute atomic E-state index is 5.41. The van der Waals surface area contributed by atoms with E-state index in [1.165, 1.54) is 0 Å². The third kappa shape index (κ3) is 5.61. The van der Waals surface area contributed by atoms with Crippen molar-refractivity contribution in [3.63, 3.8) is 0 Å². The van der Waals surface area contributed by atoms with E-state index in [0.717, 1.165) is 57.4 Å². The third-order valence-electron chi connectivity index (χ3n) is 5.29. The molecule has 0 aromatic carbocycles. The van der Waals surface area contributed by atoms with Crippen molar-refractivity contribution in [1.29, 1.82) is 0 Å². The quantitative estimate of drug-likeness (QED) is 0.275. The van der Waals surface area contributed by atoms with Gasteiger partial charge in [0.2, 0.25) is 0 Å². The van der Waals surface area contributed by atoms with Crippen molar-refractivity contribution in [3.05, 3.63) is 24.2 Å². The lowest BCUT2D eigenvalue weighted by Crippen LogP contribution is -2.72. The largest absolute Gasteiger partial charge is 0.469 e. The Morgan fingerprint density at radius 2 is 2.12 bits per heavy atom. The smallest absolute Gasteiger partial charge is 0.194 e. The molecule has 1 aromatic rings. The highest BCUT2D eigenvalue weighted by molar-refractivity contribution is 14.0. The Morgan fingerprint density at radius 1 is 1.36 bits per heavy atom. The van der Waals surface area contributed by atoms with Gasteiger partial charge in [-0.25, -0.2) is 0 Å². The van der Waals surface area contributed by atoms with E-state index >= 15 is 0 Å². The van der Waals surface area contributed by atoms with Crippen LogP contribution in [0.25, 0.3) is 0 Å². The highest BCUT2D eigenvalue weighted by atomic mass is 127. The lowest BCUT2D eigenvalue weighted by atomic mass is 9.65. The molecular weight excluding hydrogens is 429 g/mol. The maximum atomic E-state index is 5.41. The zero-order valence-electron chi connectivity index (χ0n) is 16.3. The van der Waals surface area contributed by atoms with E-state index in [4.69, 9.17) is 14.1 Å². The fourth-order valence-electron chi connectivity index (χ4n) is 2.89. The van der Waals surface area contributed by atoms with E-state index in [1.54, 1.807) is 6.26 Å². The molecule has 1 fully saturated rings. The predicted molar refractivity (Wildman–Crippen MR) is 114 cm³/mol. The van der Waals surface area contributed by atoms with Crippen molar-refractivity contribution in [3.8, 4) is 0 Å². The van der Waals surface area contributed by atoms with Crippen LogP contribution in [0, 0.1) is 5.41 Å². The lowest BCUT2D eigenvalue weighted by molar-refractivity contribution is -0.0668. The van der Waals surface area contributed by atoms with Crippen LogP contribution < -0.4 is 5.32 Å². The van der Waals surface area contributed by atoms with E-state index in [2.05, 4.69) is 37.9 Å². The van der Waals surface area contributed by atoms with E-state index in [9.17, 15) is 0 Å². The van der Waals surface area contributed by atoms with Crippen molar-refractivity contribution in [2.75, 3.05) is 32.8 Å². The van der Waals surface area contributed by atoms with Gasteiger partial charge in [-0.15, -0.1) is 24.0 Å². The highest BCUT2D eigenvalue weighted by Crippen LogP contribution is 2.46. The normalized spacial score (nSPS) is 18.4. The van der Waals surface area contributed by atoms with Crippen LogP contribution in [-0.4, -0.2) is 49.2 Å². The van der Waals surface area contributed by atoms with Gasteiger partial charge in [-0.05, 0) is 39.3 Å². The number of furan rings is 1. The number of likely N-dealkylation sites (tertiary alicyclic amines) is 1. The van der Waals surface area contributed by atoms with Gasteiger partial charge in [-0.2, -0.15) is 0 Å². The summed E-state index contributed by atoms with van der Waals surface area (Å²) in [6.45, 7) is 15.4. The van der Waals surface area contributed by atoms with Crippen molar-refractivity contribution in [2.45, 2.75) is 53.0 Å². The summed E-state index contributed by atoms with van der Waals surface area (Å²) in [4.78, 5) is 7.20. The molecule has 0 amide bonds. The van der Waals surface area contributed by atoms with Gasteiger partial charge in [-0.1, -0.05) is 13.8 Å². The minimum atomic E-state index is 0. The average molecular weight is 463 g/mol. The van der Waals surface area contributed by atoms with Gasteiger partial charge in [-0.3, -0.25) is 4.99 Å². The molecule has 2 rings (SSSR count). The van der Waals surface area contributed by atoms with Crippen LogP contribution in [-0.2, 0) is 11.2 Å². The second-order valence-electron chi connectivity index (χ2n) is 7.54. The van der Waals surface area contributed by atoms with Crippen LogP contribution in [0.1, 0.15) is 46.8 Å². The standard InChI is InChI=1S/C19H33N3O2.HI/c1-6-23-13-8-11-20-17(21-12-10-16-9-7-14-24-16)22-15-18(2,3)19(22,4)5;/h7,9,14H,6,8,10-13,15H2,1-5H3,(H,20,21);1H. The van der Waals surface area contributed by atoms with Crippen LogP contribution in [0.5, 0.6) is 0 Å². The number of hydrogen-bond donors (Lipinski definition) is 1. The number of guanidine groups is 1. The molecular formula is C19H34IN3O2. The summed E-state index contributed by atoms with van der Waals surface area (Å²) in [7, 11) is 0. The van der Waals surface area contributed by atoms with Crippen LogP contribution in [0.4, 0.5) is 0 Å². The van der Waals surface area contributed by atoms with Crippen molar-refractivity contribution >= 4 is 29.9 Å². The Morgan fingerprint density at radius 3 is 2.68 bits per heavy atom. The highest BCUT2D eigenvalue weighted by Gasteiger charge is 2.53. The zero-order chi connectivity index (χ0) is 17.6. The Kier molecular flexibility index (Phi) is 8.74. The van der Waals surface area contributed by atoms with E-state index in [-0.39, 0.29) is 29.5 Å². The molecule has 5 nitrogen and oxygen atoms in total. The molecule has 0 spiro atoms. The molecule has 0 saturated carbocycles. The van der Waals surface area contributed by atoms with Gasteiger partial charge in [0.1, 0.15) is 5.76 Å². The summed E-state index contributed by atoms with van der Waals surface area (Å²) in [5, 5.41) is 3.52. The van der Waals surface area contributed by atoms with Crippen LogP contribution in [0.15, 0.2) is 27.8 Å². The SMILES string of the molecule is CCOCCCN=C(NCCc1ccco1)N1CC(C)(C)C1(C)C.I. The molecule has 6 heteroatoms. The first-order valence-corrected chi connectivity index (χ1v) is 9.04. The second-order valence-corrected chi connectivity index (χ2v) is 7.54. The minimum absolute atomic E-state index is 0. The van der Waals surface area contributed by atoms with Gasteiger partial charge in [0, 0.05) is 50.2 Å². The molecule has 144 valence electrons. The Balaban J connectivity index is 0.00000312. The van der Waals surface area contributed by atoms with E-state index in [0.29, 0.717) is 5.41 Å². The van der Waals surface area contributed by atoms with Gasteiger partial charge in [0.05, 0.1) is 6.26 Å². The molecule has 1 aliphatic rings. The number of ether oxygens (including phenoxy) is 1. The van der Waals surface area contributed by atoms with E-state index in [1.807, 2.05) is 19.1 Å². The number of nitrogens with one attached hydrogen (secondary N) is 1. The molecule has 0 bridgehead atoms. The molecule has 2 heterocycles. The average Bonchev–Trinajstić information content (AvgIpc) is 3.04. The molecule has 0 unspecified atom stereocenters. The van der Waals surface area contributed by atoms with Gasteiger partial charge in [0.25, 0.3) is 0 Å². The monoisotopic (exact) mass is 463 g/mol. The molecule has 0 atom stereocenters. The Labute approximate surface area is 169 Å². The topological polar surface area (TPSA) is 50.0 Å². The molecule has 0 aliphatic carbocycles. The minimum Gasteiger partial charge on any atom is -0.469 e. The van der Waals surface area contributed by atoms with Crippen LogP contribution >= 0.6 is 24.0 Å². The first-order valence-electron chi connectivity index (χ1n) is 9.04. The van der Waals surface area contributed by atoms with Crippen LogP contribution in [0.3, 0.4) is 0 Å². The summed E-state index contributed by atoms with van der Waals surface area (Å²) in [5.41, 5.74) is 0.394. The summed E-state index contributed by atoms with van der Waals surface area (Å²) in [5.74, 6) is 2.00. The summed E-state index contributed by atoms with van der Waals surface area (Å²) < 4.78 is 10.8. The Bertz CT molecular complexity index is 527. The summed E-state index contributed by atoms with van der Waals surface area (Å²) >= 11 is 0. The Hall–Kier alpha value is -0.760. The molecule has 25 heavy (non-hydrogen) atoms. The van der Waals surface area contributed by atoms with Gasteiger partial charge >= 0.3 is 0 Å². The van der Waals surface area contributed by atoms with Crippen LogP contribution in [0.2, 0.25) is 0 Å². The molecule has 1 aliphatic heterocycles. The number of halogens is 1. The predicted octanol–water partition coefficient (Wildman–Crippen LogP) is 3.93. The fourth-order valence-corrected chi connectivity index (χ4v) is 2.89. The number of aliphatic imine (C=N–C) groups is 1. The maximum Gasteiger partial charge on any atom is 0.194 e. The summed E-state index contributed by atoms with van der Waals surface area (Å²) in [6.07, 6.45) is 3.54. The van der Waals surface area contributed by atoms with Gasteiger partial charge < -0.3 is 19.4 Å². The van der Waals surface area contributed by atoms with E-state index < -0.39 is 0 Å². The number of hydrogen-bond acceptors (Lipinski definition) is 3. The third-order valence-corrected chi connectivity index (χ3v) is 5.29. The molecule has 1 aromatic heterocycles. The zero-order valence-corrected chi connectivity index (χ0v) is 18.6. The van der Waals surface area contributed by atoms with Crippen molar-refractivity contribution in [1.82, 2.24) is 10.2 Å². The van der Waals surface area contributed by atoms with Crippen molar-refractivity contribution < 1.29 is 9.15 Å². The first-order chi connectivity index (χ1) is 11.4. The fraction of sp³-hybridized carbons (Fsp3) is 0.737. The van der Waals surface area contributed by atoms with Gasteiger partial charge in [0.15, 0.2) is 5.96 Å². The first kappa shape index (κ1) is 22.3. The molecule has 0 radical (unpaired) electrons. The molecule has 1 N–H and O–H groups in total. The number of rotatable bonds is 8. The van der Waals surface area contributed by atoms with Crippen molar-refractivity contribution in [2.24, 2.45) is 10.4 Å². The lowest BCUT2D eigenvalue weighted by Gasteiger charge is -2.62. The summed E-state index contributed by atoms with van der Waals surface area (Å²) in [6, 6.07) is 3.94. The molecule has 1 saturated heterocycles. The number of nitrogens with zero attached hydrogens (tertiary/aromatic N) is 2.